The van der Waals surface area contributed by atoms with Gasteiger partial charge in [-0.05, 0) is 68.3 Å². The highest BCUT2D eigenvalue weighted by molar-refractivity contribution is 7.92. The number of anilines is 1. The van der Waals surface area contributed by atoms with Crippen molar-refractivity contribution in [1.29, 1.82) is 0 Å². The van der Waals surface area contributed by atoms with Crippen molar-refractivity contribution < 1.29 is 18.0 Å². The van der Waals surface area contributed by atoms with Crippen LogP contribution in [0.15, 0.2) is 65.6 Å². The van der Waals surface area contributed by atoms with E-state index in [2.05, 4.69) is 5.32 Å². The second-order valence-corrected chi connectivity index (χ2v) is 11.9. The summed E-state index contributed by atoms with van der Waals surface area (Å²) in [6.45, 7) is 4.51. The summed E-state index contributed by atoms with van der Waals surface area (Å²) in [5.74, 6) is -1.03. The number of carbonyl (C=O) groups is 2. The number of nitrogens with one attached hydrogen (secondary N) is 1. The summed E-state index contributed by atoms with van der Waals surface area (Å²) in [5, 5.41) is 3.58. The third-order valence-electron chi connectivity index (χ3n) is 6.10. The Balaban J connectivity index is 2.09. The second-order valence-electron chi connectivity index (χ2n) is 8.80. The summed E-state index contributed by atoms with van der Waals surface area (Å²) in [7, 11) is -2.74. The maximum absolute atomic E-state index is 13.9. The molecule has 0 aromatic heterocycles. The minimum absolute atomic E-state index is 0.0157. The Labute approximate surface area is 238 Å². The number of amides is 2. The van der Waals surface area contributed by atoms with Crippen molar-refractivity contribution in [2.75, 3.05) is 17.9 Å². The number of nitrogens with zero attached hydrogens (tertiary/aromatic N) is 2. The highest BCUT2D eigenvalue weighted by atomic mass is 35.5. The highest BCUT2D eigenvalue weighted by Gasteiger charge is 2.33. The van der Waals surface area contributed by atoms with Gasteiger partial charge in [0.25, 0.3) is 10.0 Å². The smallest absolute Gasteiger partial charge is 0.264 e. The molecule has 2 amide bonds. The van der Waals surface area contributed by atoms with Crippen LogP contribution in [0.5, 0.6) is 0 Å². The van der Waals surface area contributed by atoms with E-state index in [1.54, 1.807) is 50.2 Å². The fourth-order valence-corrected chi connectivity index (χ4v) is 5.93. The molecule has 3 aromatic rings. The van der Waals surface area contributed by atoms with E-state index in [-0.39, 0.29) is 17.1 Å². The number of carbonyl (C=O) groups excluding carboxylic acids is 2. The van der Waals surface area contributed by atoms with Crippen LogP contribution in [0.2, 0.25) is 15.1 Å². The number of aryl methyl sites for hydroxylation is 2. The summed E-state index contributed by atoms with van der Waals surface area (Å²) in [6, 6.07) is 15.0. The molecule has 0 saturated heterocycles. The van der Waals surface area contributed by atoms with E-state index in [4.69, 9.17) is 34.8 Å². The zero-order chi connectivity index (χ0) is 28.2. The first-order valence-electron chi connectivity index (χ1n) is 11.7. The van der Waals surface area contributed by atoms with Gasteiger partial charge in [0, 0.05) is 28.7 Å². The minimum Gasteiger partial charge on any atom is -0.357 e. The standard InChI is InChI=1S/C27H28Cl3N3O4S/c1-17-5-11-23(12-6-17)38(36,37)33(25-14-22(29)9-7-18(25)2)16-26(34)32(19(3)27(35)31-4)15-20-8-10-21(28)13-24(20)30/h5-14,19H,15-16H2,1-4H3,(H,31,35)/t19-/m0/s1. The average Bonchev–Trinajstić information content (AvgIpc) is 2.87. The van der Waals surface area contributed by atoms with E-state index < -0.39 is 34.4 Å². The normalized spacial score (nSPS) is 12.1. The maximum atomic E-state index is 13.9. The van der Waals surface area contributed by atoms with Crippen LogP contribution in [-0.4, -0.2) is 44.8 Å². The number of benzene rings is 3. The summed E-state index contributed by atoms with van der Waals surface area (Å²) in [6.07, 6.45) is 0. The molecule has 1 N–H and O–H groups in total. The first-order chi connectivity index (χ1) is 17.8. The van der Waals surface area contributed by atoms with Crippen molar-refractivity contribution in [3.63, 3.8) is 0 Å². The lowest BCUT2D eigenvalue weighted by molar-refractivity contribution is -0.139. The van der Waals surface area contributed by atoms with Crippen molar-refractivity contribution >= 4 is 62.3 Å². The monoisotopic (exact) mass is 595 g/mol. The molecule has 11 heteroatoms. The van der Waals surface area contributed by atoms with Crippen molar-refractivity contribution in [3.8, 4) is 0 Å². The van der Waals surface area contributed by atoms with Gasteiger partial charge in [-0.25, -0.2) is 8.42 Å². The largest absolute Gasteiger partial charge is 0.357 e. The molecule has 0 saturated carbocycles. The van der Waals surface area contributed by atoms with E-state index in [0.717, 1.165) is 9.87 Å². The van der Waals surface area contributed by atoms with Gasteiger partial charge in [0.1, 0.15) is 12.6 Å². The van der Waals surface area contributed by atoms with E-state index in [1.807, 2.05) is 6.92 Å². The maximum Gasteiger partial charge on any atom is 0.264 e. The minimum atomic E-state index is -4.19. The van der Waals surface area contributed by atoms with Gasteiger partial charge in [-0.3, -0.25) is 13.9 Å². The Hall–Kier alpha value is -2.78. The number of sulfonamides is 1. The summed E-state index contributed by atoms with van der Waals surface area (Å²) >= 11 is 18.6. The van der Waals surface area contributed by atoms with E-state index in [1.165, 1.54) is 36.2 Å². The molecule has 0 aliphatic heterocycles. The fourth-order valence-electron chi connectivity index (χ4n) is 3.83. The van der Waals surface area contributed by atoms with Gasteiger partial charge in [-0.2, -0.15) is 0 Å². The zero-order valence-corrected chi connectivity index (χ0v) is 24.4. The average molecular weight is 597 g/mol. The van der Waals surface area contributed by atoms with Crippen molar-refractivity contribution in [3.05, 3.63) is 92.4 Å². The second kappa shape index (κ2) is 12.4. The molecule has 0 unspecified atom stereocenters. The van der Waals surface area contributed by atoms with Crippen LogP contribution in [0.3, 0.4) is 0 Å². The molecule has 0 aliphatic rings. The van der Waals surface area contributed by atoms with Crippen LogP contribution in [-0.2, 0) is 26.2 Å². The van der Waals surface area contributed by atoms with Crippen molar-refractivity contribution in [1.82, 2.24) is 10.2 Å². The Morgan fingerprint density at radius 2 is 1.53 bits per heavy atom. The Morgan fingerprint density at radius 1 is 0.921 bits per heavy atom. The van der Waals surface area contributed by atoms with Crippen LogP contribution in [0.4, 0.5) is 5.69 Å². The van der Waals surface area contributed by atoms with Crippen LogP contribution < -0.4 is 9.62 Å². The van der Waals surface area contributed by atoms with Gasteiger partial charge < -0.3 is 10.2 Å². The lowest BCUT2D eigenvalue weighted by Crippen LogP contribution is -2.50. The van der Waals surface area contributed by atoms with Crippen molar-refractivity contribution in [2.45, 2.75) is 38.3 Å². The van der Waals surface area contributed by atoms with E-state index in [0.29, 0.717) is 26.2 Å². The molecule has 1 atom stereocenters. The van der Waals surface area contributed by atoms with Crippen LogP contribution in [0, 0.1) is 13.8 Å². The molecule has 3 rings (SSSR count). The lowest BCUT2D eigenvalue weighted by Gasteiger charge is -2.32. The molecule has 0 radical (unpaired) electrons. The number of likely N-dealkylation sites (N-methyl/N-ethyl adjacent to an activating group) is 1. The van der Waals surface area contributed by atoms with Crippen LogP contribution >= 0.6 is 34.8 Å². The zero-order valence-electron chi connectivity index (χ0n) is 21.3. The Bertz CT molecular complexity index is 1450. The lowest BCUT2D eigenvalue weighted by atomic mass is 10.1. The van der Waals surface area contributed by atoms with Gasteiger partial charge >= 0.3 is 0 Å². The van der Waals surface area contributed by atoms with Gasteiger partial charge in [0.05, 0.1) is 10.6 Å². The SMILES string of the molecule is CNC(=O)[C@H](C)N(Cc1ccc(Cl)cc1Cl)C(=O)CN(c1cc(Cl)ccc1C)S(=O)(=O)c1ccc(C)cc1. The van der Waals surface area contributed by atoms with Gasteiger partial charge in [-0.15, -0.1) is 0 Å². The molecule has 7 nitrogen and oxygen atoms in total. The number of halogens is 3. The molecule has 0 spiro atoms. The first-order valence-corrected chi connectivity index (χ1v) is 14.2. The summed E-state index contributed by atoms with van der Waals surface area (Å²) in [4.78, 5) is 27.7. The van der Waals surface area contributed by atoms with Crippen LogP contribution in [0.25, 0.3) is 0 Å². The number of rotatable bonds is 9. The third kappa shape index (κ3) is 6.80. The molecule has 3 aromatic carbocycles. The molecule has 0 aliphatic carbocycles. The molecule has 38 heavy (non-hydrogen) atoms. The summed E-state index contributed by atoms with van der Waals surface area (Å²) < 4.78 is 28.8. The van der Waals surface area contributed by atoms with Gasteiger partial charge in [-0.1, -0.05) is 64.6 Å². The molecule has 0 heterocycles. The topological polar surface area (TPSA) is 86.8 Å². The first kappa shape index (κ1) is 29.8. The number of hydrogen-bond donors (Lipinski definition) is 1. The fraction of sp³-hybridized carbons (Fsp3) is 0.259. The Morgan fingerprint density at radius 3 is 2.13 bits per heavy atom. The predicted octanol–water partition coefficient (Wildman–Crippen LogP) is 5.62. The van der Waals surface area contributed by atoms with Gasteiger partial charge in [0.2, 0.25) is 11.8 Å². The van der Waals surface area contributed by atoms with E-state index in [9.17, 15) is 18.0 Å². The highest BCUT2D eigenvalue weighted by Crippen LogP contribution is 2.30. The molecule has 0 bridgehead atoms. The van der Waals surface area contributed by atoms with Crippen molar-refractivity contribution in [2.24, 2.45) is 0 Å². The molecular formula is C27H28Cl3N3O4S. The summed E-state index contributed by atoms with van der Waals surface area (Å²) in [5.41, 5.74) is 2.29. The van der Waals surface area contributed by atoms with Crippen LogP contribution in [0.1, 0.15) is 23.6 Å². The van der Waals surface area contributed by atoms with Gasteiger partial charge in [0.15, 0.2) is 0 Å². The molecule has 202 valence electrons. The predicted molar refractivity (Wildman–Crippen MR) is 152 cm³/mol. The third-order valence-corrected chi connectivity index (χ3v) is 8.69. The quantitative estimate of drug-likeness (QED) is 0.347. The molecular weight excluding hydrogens is 569 g/mol. The number of hydrogen-bond acceptors (Lipinski definition) is 4. The molecule has 0 fully saturated rings. The van der Waals surface area contributed by atoms with E-state index >= 15 is 0 Å². The Kier molecular flexibility index (Phi) is 9.70.